The molecule has 1 atom stereocenters. The molecular formula is C21H19F2N3O4. The van der Waals surface area contributed by atoms with Crippen LogP contribution in [0.4, 0.5) is 8.78 Å². The van der Waals surface area contributed by atoms with E-state index >= 15 is 0 Å². The van der Waals surface area contributed by atoms with Crippen LogP contribution in [0.2, 0.25) is 0 Å². The number of amides is 2. The molecule has 9 heteroatoms. The van der Waals surface area contributed by atoms with Crippen molar-refractivity contribution in [1.29, 1.82) is 0 Å². The molecule has 0 radical (unpaired) electrons. The Balaban J connectivity index is 1.44. The second-order valence-corrected chi connectivity index (χ2v) is 8.28. The van der Waals surface area contributed by atoms with Crippen molar-refractivity contribution in [3.63, 3.8) is 0 Å². The SMILES string of the molecule is Cc1cc(F)c(CNC(=O)c2cn3c(c(O)c2=O)C(=O)N2[C@H]4C[C@H](C4)[C@H]2C3)c(F)c1. The molecular weight excluding hydrogens is 396 g/mol. The molecule has 2 aromatic rings. The van der Waals surface area contributed by atoms with Crippen LogP contribution in [0.3, 0.4) is 0 Å². The smallest absolute Gasteiger partial charge is 0.275 e. The third-order valence-electron chi connectivity index (χ3n) is 6.48. The predicted octanol–water partition coefficient (Wildman–Crippen LogP) is 1.69. The summed E-state index contributed by atoms with van der Waals surface area (Å²) in [4.78, 5) is 39.7. The fraction of sp³-hybridized carbons (Fsp3) is 0.381. The van der Waals surface area contributed by atoms with Crippen LogP contribution in [-0.4, -0.2) is 38.5 Å². The highest BCUT2D eigenvalue weighted by Gasteiger charge is 2.55. The zero-order valence-corrected chi connectivity index (χ0v) is 16.1. The number of hydrogen-bond donors (Lipinski definition) is 2. The van der Waals surface area contributed by atoms with E-state index in [0.29, 0.717) is 18.0 Å². The first kappa shape index (κ1) is 18.8. The molecule has 156 valence electrons. The molecule has 30 heavy (non-hydrogen) atoms. The van der Waals surface area contributed by atoms with Crippen LogP contribution >= 0.6 is 0 Å². The molecule has 2 saturated heterocycles. The van der Waals surface area contributed by atoms with Gasteiger partial charge in [-0.05, 0) is 43.4 Å². The van der Waals surface area contributed by atoms with Crippen molar-refractivity contribution in [1.82, 2.24) is 14.8 Å². The summed E-state index contributed by atoms with van der Waals surface area (Å²) in [6.07, 6.45) is 3.08. The summed E-state index contributed by atoms with van der Waals surface area (Å²) in [7, 11) is 0. The zero-order chi connectivity index (χ0) is 21.3. The zero-order valence-electron chi connectivity index (χ0n) is 16.1. The van der Waals surface area contributed by atoms with Crippen molar-refractivity contribution >= 4 is 11.8 Å². The maximum atomic E-state index is 14.0. The Morgan fingerprint density at radius 1 is 1.23 bits per heavy atom. The molecule has 2 amide bonds. The molecule has 1 aromatic heterocycles. The Kier molecular flexibility index (Phi) is 4.00. The second-order valence-electron chi connectivity index (χ2n) is 8.28. The highest BCUT2D eigenvalue weighted by atomic mass is 19.1. The summed E-state index contributed by atoms with van der Waals surface area (Å²) in [5.41, 5.74) is -1.40. The van der Waals surface area contributed by atoms with Gasteiger partial charge in [-0.1, -0.05) is 0 Å². The van der Waals surface area contributed by atoms with Crippen molar-refractivity contribution in [3.8, 4) is 5.75 Å². The van der Waals surface area contributed by atoms with E-state index in [2.05, 4.69) is 5.32 Å². The fourth-order valence-electron chi connectivity index (χ4n) is 4.89. The first-order valence-corrected chi connectivity index (χ1v) is 9.78. The monoisotopic (exact) mass is 415 g/mol. The molecule has 2 bridgehead atoms. The van der Waals surface area contributed by atoms with Crippen LogP contribution in [0.1, 0.15) is 44.8 Å². The van der Waals surface area contributed by atoms with Crippen LogP contribution in [0.25, 0.3) is 0 Å². The van der Waals surface area contributed by atoms with Gasteiger partial charge in [-0.3, -0.25) is 14.4 Å². The Labute approximate surface area is 169 Å². The Morgan fingerprint density at radius 2 is 1.90 bits per heavy atom. The minimum atomic E-state index is -0.984. The summed E-state index contributed by atoms with van der Waals surface area (Å²) in [6.45, 7) is 1.47. The Bertz CT molecular complexity index is 1150. The van der Waals surface area contributed by atoms with Crippen LogP contribution in [0, 0.1) is 24.5 Å². The van der Waals surface area contributed by atoms with Gasteiger partial charge in [0.1, 0.15) is 17.2 Å². The quantitative estimate of drug-likeness (QED) is 0.798. The normalized spacial score (nSPS) is 23.6. The van der Waals surface area contributed by atoms with Gasteiger partial charge in [0.05, 0.1) is 6.04 Å². The highest BCUT2D eigenvalue weighted by Crippen LogP contribution is 2.49. The summed E-state index contributed by atoms with van der Waals surface area (Å²) in [5, 5.41) is 12.7. The molecule has 0 spiro atoms. The van der Waals surface area contributed by atoms with Crippen LogP contribution < -0.4 is 10.7 Å². The van der Waals surface area contributed by atoms with Gasteiger partial charge in [0.25, 0.3) is 11.8 Å². The number of carbonyl (C=O) groups is 2. The van der Waals surface area contributed by atoms with Crippen LogP contribution in [0.15, 0.2) is 23.1 Å². The van der Waals surface area contributed by atoms with E-state index in [9.17, 15) is 28.3 Å². The molecule has 3 aliphatic heterocycles. The summed E-state index contributed by atoms with van der Waals surface area (Å²) in [6, 6.07) is 2.43. The number of hydrogen-bond acceptors (Lipinski definition) is 4. The van der Waals surface area contributed by atoms with E-state index in [1.807, 2.05) is 0 Å². The standard InChI is InChI=1S/C21H19F2N3O4/c1-9-2-14(22)12(15(23)3-9)6-24-20(29)13-7-25-8-16-10-4-11(5-10)26(16)21(30)17(25)19(28)18(13)27/h2-3,7,10-11,16,28H,4-6,8H2,1H3,(H,24,29)/t10-,11+,16-/m1/s1. The first-order chi connectivity index (χ1) is 14.3. The number of rotatable bonds is 3. The lowest BCUT2D eigenvalue weighted by atomic mass is 9.83. The average Bonchev–Trinajstić information content (AvgIpc) is 3.18. The van der Waals surface area contributed by atoms with Gasteiger partial charge in [0.2, 0.25) is 5.43 Å². The van der Waals surface area contributed by atoms with Gasteiger partial charge < -0.3 is 19.9 Å². The van der Waals surface area contributed by atoms with Gasteiger partial charge >= 0.3 is 0 Å². The topological polar surface area (TPSA) is 91.6 Å². The Morgan fingerprint density at radius 3 is 2.57 bits per heavy atom. The molecule has 0 unspecified atom stereocenters. The molecule has 1 aliphatic carbocycles. The molecule has 4 heterocycles. The van der Waals surface area contributed by atoms with Crippen LogP contribution in [0.5, 0.6) is 5.75 Å². The highest BCUT2D eigenvalue weighted by molar-refractivity contribution is 5.99. The Hall–Kier alpha value is -3.23. The maximum absolute atomic E-state index is 14.0. The van der Waals surface area contributed by atoms with Gasteiger partial charge in [0, 0.05) is 30.9 Å². The number of fused-ring (bicyclic) bond motifs is 1. The van der Waals surface area contributed by atoms with Gasteiger partial charge in [-0.25, -0.2) is 8.78 Å². The number of aryl methyl sites for hydroxylation is 1. The van der Waals surface area contributed by atoms with Crippen molar-refractivity contribution in [2.75, 3.05) is 0 Å². The largest absolute Gasteiger partial charge is 0.503 e. The van der Waals surface area contributed by atoms with E-state index in [0.717, 1.165) is 25.0 Å². The first-order valence-electron chi connectivity index (χ1n) is 9.78. The lowest BCUT2D eigenvalue weighted by Crippen LogP contribution is -2.46. The van der Waals surface area contributed by atoms with Crippen molar-refractivity contribution in [2.24, 2.45) is 5.92 Å². The van der Waals surface area contributed by atoms with Crippen molar-refractivity contribution in [3.05, 3.63) is 62.6 Å². The number of carbonyl (C=O) groups excluding carboxylic acids is 2. The molecule has 4 aliphatic rings. The van der Waals surface area contributed by atoms with Gasteiger partial charge in [0.15, 0.2) is 11.4 Å². The molecule has 3 fully saturated rings. The van der Waals surface area contributed by atoms with Gasteiger partial charge in [-0.15, -0.1) is 0 Å². The number of pyridine rings is 1. The summed E-state index contributed by atoms with van der Waals surface area (Å²) >= 11 is 0. The lowest BCUT2D eigenvalue weighted by Gasteiger charge is -2.33. The van der Waals surface area contributed by atoms with E-state index in [1.165, 1.54) is 10.8 Å². The third-order valence-corrected chi connectivity index (χ3v) is 6.48. The van der Waals surface area contributed by atoms with E-state index in [1.54, 1.807) is 11.8 Å². The van der Waals surface area contributed by atoms with E-state index in [4.69, 9.17) is 0 Å². The number of aromatic nitrogens is 1. The average molecular weight is 415 g/mol. The number of benzene rings is 1. The maximum Gasteiger partial charge on any atom is 0.275 e. The number of halogens is 2. The predicted molar refractivity (Wildman–Crippen MR) is 101 cm³/mol. The summed E-state index contributed by atoms with van der Waals surface area (Å²) < 4.78 is 29.5. The molecule has 6 rings (SSSR count). The van der Waals surface area contributed by atoms with Gasteiger partial charge in [-0.2, -0.15) is 0 Å². The third kappa shape index (κ3) is 2.57. The van der Waals surface area contributed by atoms with Crippen molar-refractivity contribution < 1.29 is 23.5 Å². The minimum absolute atomic E-state index is 0.0106. The lowest BCUT2D eigenvalue weighted by molar-refractivity contribution is 0.0632. The van der Waals surface area contributed by atoms with Crippen molar-refractivity contribution in [2.45, 2.75) is 44.9 Å². The van der Waals surface area contributed by atoms with Crippen LogP contribution in [-0.2, 0) is 13.1 Å². The molecule has 7 nitrogen and oxygen atoms in total. The molecule has 1 saturated carbocycles. The number of nitrogens with zero attached hydrogens (tertiary/aromatic N) is 2. The number of nitrogens with one attached hydrogen (secondary N) is 1. The summed E-state index contributed by atoms with van der Waals surface area (Å²) in [5.74, 6) is -3.27. The second kappa shape index (κ2) is 6.38. The minimum Gasteiger partial charge on any atom is -0.503 e. The number of aromatic hydroxyl groups is 1. The molecule has 1 aromatic carbocycles. The van der Waals surface area contributed by atoms with E-state index in [-0.39, 0.29) is 28.9 Å². The van der Waals surface area contributed by atoms with E-state index < -0.39 is 41.2 Å². The fourth-order valence-corrected chi connectivity index (χ4v) is 4.89. The molecule has 2 N–H and O–H groups in total.